The van der Waals surface area contributed by atoms with Crippen molar-refractivity contribution < 1.29 is 6.85 Å². The van der Waals surface area contributed by atoms with Crippen molar-refractivity contribution in [3.63, 3.8) is 0 Å². The van der Waals surface area contributed by atoms with Crippen molar-refractivity contribution in [2.45, 2.75) is 0 Å². The first kappa shape index (κ1) is 12.8. The molecular formula is C25H16ClN3. The maximum Gasteiger partial charge on any atom is 0.226 e. The molecule has 0 aliphatic carbocycles. The Morgan fingerprint density at radius 3 is 2.00 bits per heavy atom. The molecule has 0 N–H and O–H groups in total. The number of aromatic nitrogens is 3. The van der Waals surface area contributed by atoms with E-state index in [0.29, 0.717) is 5.56 Å². The molecule has 0 saturated carbocycles. The monoisotopic (exact) mass is 398 g/mol. The van der Waals surface area contributed by atoms with Gasteiger partial charge in [0.05, 0.1) is 6.85 Å². The Morgan fingerprint density at radius 1 is 0.586 bits per heavy atom. The Morgan fingerprint density at radius 2 is 1.24 bits per heavy atom. The van der Waals surface area contributed by atoms with E-state index >= 15 is 0 Å². The third-order valence-corrected chi connectivity index (χ3v) is 4.71. The fraction of sp³-hybridized carbons (Fsp3) is 0. The highest BCUT2D eigenvalue weighted by molar-refractivity contribution is 6.28. The van der Waals surface area contributed by atoms with Crippen LogP contribution in [0.25, 0.3) is 44.7 Å². The van der Waals surface area contributed by atoms with Crippen LogP contribution in [0.3, 0.4) is 0 Å². The zero-order chi connectivity index (χ0) is 24.0. The average molecular weight is 399 g/mol. The zero-order valence-electron chi connectivity index (χ0n) is 20.1. The van der Waals surface area contributed by atoms with Crippen molar-refractivity contribution >= 4 is 22.4 Å². The predicted octanol–water partition coefficient (Wildman–Crippen LogP) is 6.68. The van der Waals surface area contributed by atoms with Gasteiger partial charge in [-0.25, -0.2) is 4.98 Å². The molecule has 0 fully saturated rings. The van der Waals surface area contributed by atoms with E-state index in [1.807, 2.05) is 54.6 Å². The highest BCUT2D eigenvalue weighted by Gasteiger charge is 2.10. The Bertz CT molecular complexity index is 1550. The molecule has 0 aliphatic rings. The molecular weight excluding hydrogens is 378 g/mol. The predicted molar refractivity (Wildman–Crippen MR) is 119 cm³/mol. The smallest absolute Gasteiger partial charge is 0.208 e. The molecule has 29 heavy (non-hydrogen) atoms. The van der Waals surface area contributed by atoms with Gasteiger partial charge in [0, 0.05) is 11.1 Å². The minimum absolute atomic E-state index is 0.0786. The number of rotatable bonds is 3. The quantitative estimate of drug-likeness (QED) is 0.340. The highest BCUT2D eigenvalue weighted by Crippen LogP contribution is 2.28. The second-order valence-corrected chi connectivity index (χ2v) is 6.73. The van der Waals surface area contributed by atoms with E-state index in [1.54, 1.807) is 0 Å². The van der Waals surface area contributed by atoms with E-state index in [9.17, 15) is 0 Å². The second-order valence-electron chi connectivity index (χ2n) is 6.39. The van der Waals surface area contributed by atoms with E-state index in [0.717, 1.165) is 21.9 Å². The summed E-state index contributed by atoms with van der Waals surface area (Å²) in [6.07, 6.45) is 0. The van der Waals surface area contributed by atoms with Crippen LogP contribution in [0.2, 0.25) is 5.28 Å². The number of hydrogen-bond donors (Lipinski definition) is 0. The van der Waals surface area contributed by atoms with Crippen LogP contribution < -0.4 is 0 Å². The first-order valence-electron chi connectivity index (χ1n) is 11.4. The van der Waals surface area contributed by atoms with Gasteiger partial charge in [-0.15, -0.1) is 0 Å². The van der Waals surface area contributed by atoms with Gasteiger partial charge in [-0.2, -0.15) is 9.97 Å². The molecule has 1 heterocycles. The van der Waals surface area contributed by atoms with E-state index < -0.39 is 30.2 Å². The van der Waals surface area contributed by atoms with Crippen molar-refractivity contribution in [2.75, 3.05) is 0 Å². The zero-order valence-corrected chi connectivity index (χ0v) is 15.8. The van der Waals surface area contributed by atoms with Gasteiger partial charge < -0.3 is 0 Å². The lowest BCUT2D eigenvalue weighted by molar-refractivity contribution is 1.07. The van der Waals surface area contributed by atoms with Crippen LogP contribution >= 0.6 is 11.6 Å². The molecule has 0 radical (unpaired) electrons. The molecule has 0 bridgehead atoms. The maximum absolute atomic E-state index is 8.22. The van der Waals surface area contributed by atoms with Crippen molar-refractivity contribution in [2.24, 2.45) is 0 Å². The molecule has 4 heteroatoms. The molecule has 0 saturated heterocycles. The summed E-state index contributed by atoms with van der Waals surface area (Å²) in [5, 5.41) is 1.87. The Labute approximate surface area is 180 Å². The summed E-state index contributed by atoms with van der Waals surface area (Å²) in [6, 6.07) is 19.7. The van der Waals surface area contributed by atoms with Gasteiger partial charge in [-0.1, -0.05) is 84.8 Å². The largest absolute Gasteiger partial charge is 0.226 e. The lowest BCUT2D eigenvalue weighted by Crippen LogP contribution is -1.97. The summed E-state index contributed by atoms with van der Waals surface area (Å²) >= 11 is 6.17. The van der Waals surface area contributed by atoms with Crippen LogP contribution in [0, 0.1) is 0 Å². The Kier molecular flexibility index (Phi) is 3.29. The van der Waals surface area contributed by atoms with Crippen LogP contribution in [0.5, 0.6) is 0 Å². The standard InChI is InChI=1S/C25H16ClN3/c26-25-28-23(19-9-5-2-6-10-19)27-24(29-25)21-14-12-18-11-13-20(15-22(18)16-21)17-7-3-1-4-8-17/h1-16H/i2D,5D,6D,9D,10D. The average Bonchev–Trinajstić information content (AvgIpc) is 2.86. The van der Waals surface area contributed by atoms with E-state index in [-0.39, 0.29) is 22.5 Å². The normalized spacial score (nSPS) is 13.3. The minimum atomic E-state index is -0.483. The number of benzene rings is 4. The number of nitrogens with zero attached hydrogens (tertiary/aromatic N) is 3. The molecule has 5 rings (SSSR count). The van der Waals surface area contributed by atoms with Crippen LogP contribution in [0.15, 0.2) is 96.9 Å². The van der Waals surface area contributed by atoms with Gasteiger partial charge in [-0.3, -0.25) is 0 Å². The highest BCUT2D eigenvalue weighted by atomic mass is 35.5. The summed E-state index contributed by atoms with van der Waals surface area (Å²) in [5.41, 5.74) is 2.71. The van der Waals surface area contributed by atoms with Crippen molar-refractivity contribution in [3.05, 3.63) is 102 Å². The summed E-state index contributed by atoms with van der Waals surface area (Å²) < 4.78 is 40.1. The first-order valence-corrected chi connectivity index (χ1v) is 9.30. The molecule has 5 aromatic rings. The van der Waals surface area contributed by atoms with Gasteiger partial charge in [0.1, 0.15) is 0 Å². The SMILES string of the molecule is [2H]c1c([2H])c([2H])c(-c2nc(Cl)nc(-c3ccc4ccc(-c5ccccc5)cc4c3)n2)c([2H])c1[2H]. The van der Waals surface area contributed by atoms with Gasteiger partial charge in [0.25, 0.3) is 0 Å². The van der Waals surface area contributed by atoms with Crippen LogP contribution in [0.4, 0.5) is 0 Å². The Hall–Kier alpha value is -3.56. The molecule has 0 atom stereocenters. The number of hydrogen-bond acceptors (Lipinski definition) is 3. The summed E-state index contributed by atoms with van der Waals surface area (Å²) in [5.74, 6) is 0.166. The maximum atomic E-state index is 8.22. The lowest BCUT2D eigenvalue weighted by atomic mass is 10.00. The molecule has 138 valence electrons. The van der Waals surface area contributed by atoms with Crippen molar-refractivity contribution in [1.29, 1.82) is 0 Å². The van der Waals surface area contributed by atoms with Gasteiger partial charge in [-0.05, 0) is 45.6 Å². The summed E-state index contributed by atoms with van der Waals surface area (Å²) in [6.45, 7) is 0. The number of halogens is 1. The third kappa shape index (κ3) is 3.60. The molecule has 1 aromatic heterocycles. The molecule has 3 nitrogen and oxygen atoms in total. The third-order valence-electron chi connectivity index (χ3n) is 4.54. The second kappa shape index (κ2) is 7.46. The first-order chi connectivity index (χ1) is 16.3. The van der Waals surface area contributed by atoms with Crippen LogP contribution in [0.1, 0.15) is 6.85 Å². The van der Waals surface area contributed by atoms with E-state index in [4.69, 9.17) is 18.5 Å². The van der Waals surface area contributed by atoms with E-state index in [1.165, 1.54) is 0 Å². The lowest BCUT2D eigenvalue weighted by Gasteiger charge is -2.08. The summed E-state index contributed by atoms with van der Waals surface area (Å²) in [4.78, 5) is 12.7. The van der Waals surface area contributed by atoms with Crippen LogP contribution in [-0.4, -0.2) is 15.0 Å². The minimum Gasteiger partial charge on any atom is -0.208 e. The van der Waals surface area contributed by atoms with Crippen molar-refractivity contribution in [3.8, 4) is 33.9 Å². The molecule has 0 unspecified atom stereocenters. The fourth-order valence-corrected chi connectivity index (χ4v) is 3.31. The van der Waals surface area contributed by atoms with E-state index in [2.05, 4.69) is 27.1 Å². The van der Waals surface area contributed by atoms with Gasteiger partial charge >= 0.3 is 0 Å². The molecule has 4 aromatic carbocycles. The molecule has 0 amide bonds. The fourth-order valence-electron chi connectivity index (χ4n) is 3.15. The Balaban J connectivity index is 1.65. The molecule has 0 aliphatic heterocycles. The van der Waals surface area contributed by atoms with Gasteiger partial charge in [0.15, 0.2) is 11.6 Å². The van der Waals surface area contributed by atoms with Crippen LogP contribution in [-0.2, 0) is 0 Å². The topological polar surface area (TPSA) is 38.7 Å². The summed E-state index contributed by atoms with van der Waals surface area (Å²) in [7, 11) is 0. The molecule has 0 spiro atoms. The van der Waals surface area contributed by atoms with Crippen molar-refractivity contribution in [1.82, 2.24) is 15.0 Å². The number of fused-ring (bicyclic) bond motifs is 1. The van der Waals surface area contributed by atoms with Gasteiger partial charge in [0.2, 0.25) is 5.28 Å².